The summed E-state index contributed by atoms with van der Waals surface area (Å²) in [6, 6.07) is 67.9. The van der Waals surface area contributed by atoms with Gasteiger partial charge in [-0.15, -0.1) is 0 Å². The predicted molar refractivity (Wildman–Crippen MR) is 225 cm³/mol. The lowest BCUT2D eigenvalue weighted by Crippen LogP contribution is -1.91. The van der Waals surface area contributed by atoms with Gasteiger partial charge >= 0.3 is 0 Å². The van der Waals surface area contributed by atoms with E-state index in [0.29, 0.717) is 0 Å². The van der Waals surface area contributed by atoms with Crippen molar-refractivity contribution in [3.63, 3.8) is 0 Å². The third-order valence-electron chi connectivity index (χ3n) is 11.7. The van der Waals surface area contributed by atoms with Gasteiger partial charge in [0.25, 0.3) is 0 Å². The minimum atomic E-state index is 1.23. The molecule has 12 rings (SSSR count). The van der Waals surface area contributed by atoms with E-state index >= 15 is 0 Å². The Morgan fingerprint density at radius 3 is 1.35 bits per heavy atom. The number of hydrogen-bond acceptors (Lipinski definition) is 0. The standard InChI is InChI=1S/C52H30/c1-3-12-31(13-4-1)34-18-9-19-35(32-14-5-2-6-15-32)50(34)43-26-27-44-46-28-33-24-25-38-40-21-10-20-39-36-16-7-8-17-37(36)49(52(39)40)30-47(38)45(33)29-48(46)42-23-11-22-41(43)51(42)44/h1-30H. The van der Waals surface area contributed by atoms with Gasteiger partial charge in [-0.3, -0.25) is 0 Å². The molecule has 0 N–H and O–H groups in total. The molecule has 0 bridgehead atoms. The largest absolute Gasteiger partial charge is 0.0622 e. The van der Waals surface area contributed by atoms with E-state index in [1.165, 1.54) is 120 Å². The Morgan fingerprint density at radius 1 is 0.212 bits per heavy atom. The summed E-state index contributed by atoms with van der Waals surface area (Å²) in [5, 5.41) is 21.3. The fourth-order valence-corrected chi connectivity index (χ4v) is 9.54. The molecule has 0 unspecified atom stereocenters. The van der Waals surface area contributed by atoms with Crippen LogP contribution >= 0.6 is 0 Å². The Labute approximate surface area is 300 Å². The smallest absolute Gasteiger partial charge is 0.00199 e. The molecular formula is C52H30. The molecule has 0 aliphatic rings. The predicted octanol–water partition coefficient (Wildman–Crippen LogP) is 14.8. The Morgan fingerprint density at radius 2 is 0.654 bits per heavy atom. The lowest BCUT2D eigenvalue weighted by atomic mass is 9.85. The van der Waals surface area contributed by atoms with Crippen LogP contribution in [-0.2, 0) is 0 Å². The van der Waals surface area contributed by atoms with Gasteiger partial charge in [0.2, 0.25) is 0 Å². The molecule has 0 heterocycles. The first-order chi connectivity index (χ1) is 25.8. The van der Waals surface area contributed by atoms with E-state index in [2.05, 4.69) is 182 Å². The van der Waals surface area contributed by atoms with Crippen LogP contribution in [0.1, 0.15) is 0 Å². The van der Waals surface area contributed by atoms with Crippen LogP contribution < -0.4 is 0 Å². The second kappa shape index (κ2) is 10.4. The Hall–Kier alpha value is -6.76. The van der Waals surface area contributed by atoms with Crippen LogP contribution in [0, 0.1) is 0 Å². The maximum Gasteiger partial charge on any atom is -0.00199 e. The summed E-state index contributed by atoms with van der Waals surface area (Å²) in [5.74, 6) is 0. The summed E-state index contributed by atoms with van der Waals surface area (Å²) < 4.78 is 0. The Balaban J connectivity index is 1.17. The summed E-state index contributed by atoms with van der Waals surface area (Å²) in [4.78, 5) is 0. The van der Waals surface area contributed by atoms with Crippen LogP contribution in [0.4, 0.5) is 0 Å². The number of rotatable bonds is 3. The van der Waals surface area contributed by atoms with Crippen LogP contribution in [0.3, 0.4) is 0 Å². The van der Waals surface area contributed by atoms with Gasteiger partial charge in [-0.25, -0.2) is 0 Å². The molecule has 0 aromatic heterocycles. The van der Waals surface area contributed by atoms with E-state index in [0.717, 1.165) is 0 Å². The topological polar surface area (TPSA) is 0 Å². The minimum absolute atomic E-state index is 1.23. The van der Waals surface area contributed by atoms with E-state index in [4.69, 9.17) is 0 Å². The first-order valence-corrected chi connectivity index (χ1v) is 18.2. The molecule has 0 heteroatoms. The molecule has 0 nitrogen and oxygen atoms in total. The third-order valence-corrected chi connectivity index (χ3v) is 11.7. The van der Waals surface area contributed by atoms with Crippen molar-refractivity contribution < 1.29 is 0 Å². The second-order valence-corrected chi connectivity index (χ2v) is 14.3. The molecule has 238 valence electrons. The third kappa shape index (κ3) is 3.71. The SMILES string of the molecule is c1ccc(-c2cccc(-c3ccccc3)c2-c2ccc3c4cc5ccc6c(cc7c8ccccc8c8cccc6c87)c5cc4c4cccc2c34)cc1. The molecule has 0 radical (unpaired) electrons. The van der Waals surface area contributed by atoms with Gasteiger partial charge in [-0.05, 0) is 138 Å². The normalized spacial score (nSPS) is 12.2. The fourth-order valence-electron chi connectivity index (χ4n) is 9.54. The maximum absolute atomic E-state index is 2.48. The molecule has 0 spiro atoms. The molecule has 12 aromatic rings. The monoisotopic (exact) mass is 654 g/mol. The van der Waals surface area contributed by atoms with Crippen molar-refractivity contribution in [1.29, 1.82) is 0 Å². The first kappa shape index (κ1) is 28.0. The van der Waals surface area contributed by atoms with Gasteiger partial charge in [0, 0.05) is 0 Å². The lowest BCUT2D eigenvalue weighted by Gasteiger charge is -2.18. The van der Waals surface area contributed by atoms with Crippen LogP contribution in [-0.4, -0.2) is 0 Å². The number of benzene rings is 10. The van der Waals surface area contributed by atoms with Crippen molar-refractivity contribution in [1.82, 2.24) is 0 Å². The molecule has 0 saturated carbocycles. The summed E-state index contributed by atoms with van der Waals surface area (Å²) >= 11 is 0. The van der Waals surface area contributed by atoms with Gasteiger partial charge in [-0.2, -0.15) is 0 Å². The maximum atomic E-state index is 2.48. The molecule has 0 aliphatic heterocycles. The minimum Gasteiger partial charge on any atom is -0.0622 e. The fraction of sp³-hybridized carbons (Fsp3) is 0. The average Bonchev–Trinajstić information content (AvgIpc) is 3.71. The summed E-state index contributed by atoms with van der Waals surface area (Å²) in [6.45, 7) is 0. The second-order valence-electron chi connectivity index (χ2n) is 14.3. The van der Waals surface area contributed by atoms with Crippen LogP contribution in [0.5, 0.6) is 0 Å². The first-order valence-electron chi connectivity index (χ1n) is 18.2. The highest BCUT2D eigenvalue weighted by Gasteiger charge is 2.21. The Bertz CT molecular complexity index is 3310. The summed E-state index contributed by atoms with van der Waals surface area (Å²) in [5.41, 5.74) is 7.50. The zero-order chi connectivity index (χ0) is 33.9. The van der Waals surface area contributed by atoms with Gasteiger partial charge in [0.15, 0.2) is 0 Å². The van der Waals surface area contributed by atoms with Crippen molar-refractivity contribution in [2.24, 2.45) is 0 Å². The highest BCUT2D eigenvalue weighted by molar-refractivity contribution is 6.38. The van der Waals surface area contributed by atoms with Crippen molar-refractivity contribution in [2.75, 3.05) is 0 Å². The highest BCUT2D eigenvalue weighted by Crippen LogP contribution is 2.49. The van der Waals surface area contributed by atoms with Gasteiger partial charge in [0.05, 0.1) is 0 Å². The van der Waals surface area contributed by atoms with E-state index in [-0.39, 0.29) is 0 Å². The van der Waals surface area contributed by atoms with Crippen molar-refractivity contribution >= 4 is 86.2 Å². The highest BCUT2D eigenvalue weighted by atomic mass is 14.2. The van der Waals surface area contributed by atoms with E-state index in [1.54, 1.807) is 0 Å². The number of hydrogen-bond donors (Lipinski definition) is 0. The molecule has 0 fully saturated rings. The quantitative estimate of drug-likeness (QED) is 0.166. The van der Waals surface area contributed by atoms with Crippen molar-refractivity contribution in [3.8, 4) is 33.4 Å². The number of fused-ring (bicyclic) bond motifs is 10. The zero-order valence-corrected chi connectivity index (χ0v) is 28.3. The van der Waals surface area contributed by atoms with E-state index in [9.17, 15) is 0 Å². The summed E-state index contributed by atoms with van der Waals surface area (Å²) in [7, 11) is 0. The van der Waals surface area contributed by atoms with Crippen molar-refractivity contribution in [2.45, 2.75) is 0 Å². The van der Waals surface area contributed by atoms with Gasteiger partial charge in [-0.1, -0.05) is 164 Å². The zero-order valence-electron chi connectivity index (χ0n) is 28.3. The Kier molecular flexibility index (Phi) is 5.59. The molecule has 0 saturated heterocycles. The van der Waals surface area contributed by atoms with E-state index < -0.39 is 0 Å². The average molecular weight is 655 g/mol. The van der Waals surface area contributed by atoms with Crippen LogP contribution in [0.2, 0.25) is 0 Å². The lowest BCUT2D eigenvalue weighted by molar-refractivity contribution is 1.57. The molecular weight excluding hydrogens is 625 g/mol. The van der Waals surface area contributed by atoms with Crippen LogP contribution in [0.15, 0.2) is 182 Å². The molecule has 0 amide bonds. The molecule has 0 aliphatic carbocycles. The molecule has 12 aromatic carbocycles. The van der Waals surface area contributed by atoms with Gasteiger partial charge < -0.3 is 0 Å². The van der Waals surface area contributed by atoms with E-state index in [1.807, 2.05) is 0 Å². The molecule has 52 heavy (non-hydrogen) atoms. The van der Waals surface area contributed by atoms with Crippen molar-refractivity contribution in [3.05, 3.63) is 182 Å². The van der Waals surface area contributed by atoms with Crippen LogP contribution in [0.25, 0.3) is 120 Å². The molecule has 0 atom stereocenters. The summed E-state index contributed by atoms with van der Waals surface area (Å²) in [6.07, 6.45) is 0. The van der Waals surface area contributed by atoms with Gasteiger partial charge in [0.1, 0.15) is 0 Å².